The van der Waals surface area contributed by atoms with Crippen LogP contribution in [-0.2, 0) is 0 Å². The van der Waals surface area contributed by atoms with Gasteiger partial charge in [-0.05, 0) is 0 Å². The quantitative estimate of drug-likeness (QED) is 0.484. The van der Waals surface area contributed by atoms with Gasteiger partial charge in [0.25, 0.3) is 0 Å². The van der Waals surface area contributed by atoms with E-state index in [1.807, 2.05) is 0 Å². The first-order valence-corrected chi connectivity index (χ1v) is 4.52. The molecule has 70 valence electrons. The normalized spacial score (nSPS) is 14.5. The van der Waals surface area contributed by atoms with Crippen molar-refractivity contribution in [1.29, 1.82) is 0 Å². The van der Waals surface area contributed by atoms with Crippen LogP contribution in [0, 0.1) is 13.3 Å². The Kier molecular flexibility index (Phi) is 28.6. The van der Waals surface area contributed by atoms with Crippen LogP contribution < -0.4 is 0 Å². The molecule has 0 aromatic rings. The van der Waals surface area contributed by atoms with E-state index >= 15 is 0 Å². The molecule has 0 N–H and O–H groups in total. The van der Waals surface area contributed by atoms with Gasteiger partial charge < -0.3 is 13.3 Å². The second kappa shape index (κ2) is 18.1. The van der Waals surface area contributed by atoms with Crippen LogP contribution in [0.2, 0.25) is 0 Å². The van der Waals surface area contributed by atoms with Crippen LogP contribution in [0.3, 0.4) is 0 Å². The van der Waals surface area contributed by atoms with Gasteiger partial charge in [0.1, 0.15) is 0 Å². The van der Waals surface area contributed by atoms with Gasteiger partial charge in [-0.2, -0.15) is 19.3 Å². The van der Waals surface area contributed by atoms with Crippen molar-refractivity contribution in [2.45, 2.75) is 51.9 Å². The Hall–Kier alpha value is 1.25. The number of hydrogen-bond acceptors (Lipinski definition) is 0. The van der Waals surface area contributed by atoms with Gasteiger partial charge in [-0.15, -0.1) is 17.0 Å². The third kappa shape index (κ3) is 17.4. The average molecular weight is 245 g/mol. The zero-order chi connectivity index (χ0) is 7.66. The van der Waals surface area contributed by atoms with Crippen LogP contribution in [0.4, 0.5) is 0 Å². The molecule has 0 nitrogen and oxygen atoms in total. The maximum absolute atomic E-state index is 3.60. The van der Waals surface area contributed by atoms with Crippen molar-refractivity contribution >= 4 is 40.0 Å². The molecule has 0 unspecified atom stereocenters. The molecule has 0 aliphatic heterocycles. The molecule has 0 amide bonds. The number of rotatable bonds is 1. The van der Waals surface area contributed by atoms with Gasteiger partial charge in [-0.3, -0.25) is 0 Å². The number of hydrogen-bond donors (Lipinski definition) is 0. The van der Waals surface area contributed by atoms with Crippen LogP contribution in [0.5, 0.6) is 0 Å². The molecule has 1 aliphatic rings. The topological polar surface area (TPSA) is 0 Å². The summed E-state index contributed by atoms with van der Waals surface area (Å²) in [5.41, 5.74) is 0. The molecule has 1 rings (SSSR count). The smallest absolute Gasteiger partial charge is 0.343 e. The maximum atomic E-state index is 3.60. The Morgan fingerprint density at radius 2 is 1.58 bits per heavy atom. The minimum atomic E-state index is 0. The van der Waals surface area contributed by atoms with Gasteiger partial charge in [0.15, 0.2) is 0 Å². The number of unbranched alkanes of at least 4 members (excludes halogenated alkanes) is 1. The van der Waals surface area contributed by atoms with Gasteiger partial charge in [0.2, 0.25) is 0 Å². The predicted molar refractivity (Wildman–Crippen MR) is 63.7 cm³/mol. The van der Waals surface area contributed by atoms with Crippen LogP contribution in [-0.4, -0.2) is 23.1 Å². The summed E-state index contributed by atoms with van der Waals surface area (Å²) in [5, 5.41) is 0. The third-order valence-electron chi connectivity index (χ3n) is 1.67. The summed E-state index contributed by atoms with van der Waals surface area (Å²) in [7, 11) is 0. The molecule has 12 heavy (non-hydrogen) atoms. The Morgan fingerprint density at radius 1 is 1.17 bits per heavy atom. The molecule has 1 saturated carbocycles. The van der Waals surface area contributed by atoms with Crippen molar-refractivity contribution in [3.63, 3.8) is 0 Å². The van der Waals surface area contributed by atoms with Crippen molar-refractivity contribution in [3.05, 3.63) is 13.3 Å². The molecule has 1 aliphatic carbocycles. The van der Waals surface area contributed by atoms with E-state index in [4.69, 9.17) is 0 Å². The molecule has 0 radical (unpaired) electrons. The van der Waals surface area contributed by atoms with E-state index in [0.29, 0.717) is 0 Å². The second-order valence-corrected chi connectivity index (χ2v) is 2.78. The van der Waals surface area contributed by atoms with Gasteiger partial charge in [-0.1, -0.05) is 32.6 Å². The minimum Gasteiger partial charge on any atom is -0.343 e. The van der Waals surface area contributed by atoms with Crippen molar-refractivity contribution in [2.24, 2.45) is 0 Å². The largest absolute Gasteiger partial charge is 2.00 e. The molecule has 0 heterocycles. The van der Waals surface area contributed by atoms with Gasteiger partial charge >= 0.3 is 23.1 Å². The molecule has 0 atom stereocenters. The zero-order valence-corrected chi connectivity index (χ0v) is 11.5. The van der Waals surface area contributed by atoms with E-state index in [-0.39, 0.29) is 40.0 Å². The third-order valence-corrected chi connectivity index (χ3v) is 1.67. The van der Waals surface area contributed by atoms with E-state index in [1.54, 1.807) is 0 Å². The van der Waals surface area contributed by atoms with Crippen LogP contribution in [0.1, 0.15) is 51.9 Å². The Bertz CT molecular complexity index is 40.3. The molecule has 0 saturated heterocycles. The van der Waals surface area contributed by atoms with Crippen molar-refractivity contribution in [1.82, 2.24) is 0 Å². The van der Waals surface area contributed by atoms with E-state index in [2.05, 4.69) is 20.3 Å². The molecule has 0 aromatic heterocycles. The Labute approximate surface area is 105 Å². The summed E-state index contributed by atoms with van der Waals surface area (Å²) < 4.78 is 0. The summed E-state index contributed by atoms with van der Waals surface area (Å²) in [5.74, 6) is 0. The predicted octanol–water partition coefficient (Wildman–Crippen LogP) is 3.97. The molecule has 2 heteroatoms. The molecule has 0 spiro atoms. The summed E-state index contributed by atoms with van der Waals surface area (Å²) in [6.07, 6.45) is 11.8. The van der Waals surface area contributed by atoms with Crippen LogP contribution >= 0.6 is 17.0 Å². The van der Waals surface area contributed by atoms with Crippen molar-refractivity contribution in [3.8, 4) is 0 Å². The first-order chi connectivity index (χ1) is 4.91. The van der Waals surface area contributed by atoms with E-state index in [9.17, 15) is 0 Å². The monoisotopic (exact) mass is 244 g/mol. The van der Waals surface area contributed by atoms with E-state index < -0.39 is 0 Å². The fourth-order valence-electron chi connectivity index (χ4n) is 0.898. The summed E-state index contributed by atoms with van der Waals surface area (Å²) in [4.78, 5) is 0. The fraction of sp³-hybridized carbons (Fsp3) is 0.800. The zero-order valence-electron chi connectivity index (χ0n) is 8.35. The average Bonchev–Trinajstić information content (AvgIpc) is 2.08. The first-order valence-electron chi connectivity index (χ1n) is 4.52. The maximum Gasteiger partial charge on any atom is 2.00 e. The summed E-state index contributed by atoms with van der Waals surface area (Å²) in [6.45, 7) is 5.72. The SMILES string of the molecule is Br.[CH-]1CCCCC1.[CH2-]CCC.[Mg+2]. The Balaban J connectivity index is -0.000000124. The molecular formula is C10H21BrMg. The molecule has 1 fully saturated rings. The van der Waals surface area contributed by atoms with Crippen LogP contribution in [0.15, 0.2) is 0 Å². The second-order valence-electron chi connectivity index (χ2n) is 2.78. The summed E-state index contributed by atoms with van der Waals surface area (Å²) >= 11 is 0. The summed E-state index contributed by atoms with van der Waals surface area (Å²) in [6, 6.07) is 0. The molecule has 0 bridgehead atoms. The Morgan fingerprint density at radius 3 is 1.67 bits per heavy atom. The van der Waals surface area contributed by atoms with E-state index in [0.717, 1.165) is 6.42 Å². The first kappa shape index (κ1) is 18.9. The number of halogens is 1. The fourth-order valence-corrected chi connectivity index (χ4v) is 0.898. The van der Waals surface area contributed by atoms with Gasteiger partial charge in [0.05, 0.1) is 0 Å². The van der Waals surface area contributed by atoms with Crippen molar-refractivity contribution < 1.29 is 0 Å². The van der Waals surface area contributed by atoms with Crippen LogP contribution in [0.25, 0.3) is 0 Å². The van der Waals surface area contributed by atoms with Gasteiger partial charge in [-0.25, -0.2) is 0 Å². The molecular weight excluding hydrogens is 224 g/mol. The minimum absolute atomic E-state index is 0. The van der Waals surface area contributed by atoms with E-state index in [1.165, 1.54) is 38.5 Å². The standard InChI is InChI=1S/C6H11.C4H9.BrH.Mg/c1-2-4-6-5-3-1;1-3-4-2;;/h1H,2-6H2;1,3-4H2,2H3;1H;/q2*-1;;+2. The van der Waals surface area contributed by atoms with Gasteiger partial charge in [0, 0.05) is 0 Å². The van der Waals surface area contributed by atoms with Crippen molar-refractivity contribution in [2.75, 3.05) is 0 Å². The molecule has 0 aromatic carbocycles.